The highest BCUT2D eigenvalue weighted by atomic mass is 79.9. The molecule has 1 aliphatic rings. The third-order valence-electron chi connectivity index (χ3n) is 3.48. The lowest BCUT2D eigenvalue weighted by Gasteiger charge is -2.13. The van der Waals surface area contributed by atoms with Gasteiger partial charge in [0.15, 0.2) is 0 Å². The van der Waals surface area contributed by atoms with Crippen molar-refractivity contribution in [2.45, 2.75) is 24.6 Å². The molecular weight excluding hydrogens is 296 g/mol. The first-order valence-electron chi connectivity index (χ1n) is 6.07. The molecule has 0 bridgehead atoms. The summed E-state index contributed by atoms with van der Waals surface area (Å²) in [7, 11) is 0. The Labute approximate surface area is 115 Å². The summed E-state index contributed by atoms with van der Waals surface area (Å²) in [4.78, 5) is 0. The SMILES string of the molecule is ClC(CC1CC1)c1ccc(Br)c2ccccc12. The first kappa shape index (κ1) is 11.6. The van der Waals surface area contributed by atoms with Gasteiger partial charge in [0.25, 0.3) is 0 Å². The molecule has 0 aromatic heterocycles. The number of hydrogen-bond donors (Lipinski definition) is 0. The van der Waals surface area contributed by atoms with Crippen molar-refractivity contribution in [1.82, 2.24) is 0 Å². The van der Waals surface area contributed by atoms with Gasteiger partial charge >= 0.3 is 0 Å². The fourth-order valence-corrected chi connectivity index (χ4v) is 3.25. The third kappa shape index (κ3) is 2.36. The van der Waals surface area contributed by atoms with Crippen molar-refractivity contribution >= 4 is 38.3 Å². The number of hydrogen-bond acceptors (Lipinski definition) is 0. The zero-order valence-corrected chi connectivity index (χ0v) is 11.8. The maximum atomic E-state index is 6.56. The molecule has 2 aromatic rings. The summed E-state index contributed by atoms with van der Waals surface area (Å²) in [5.41, 5.74) is 1.28. The molecular formula is C15H14BrCl. The minimum absolute atomic E-state index is 0.153. The molecule has 88 valence electrons. The van der Waals surface area contributed by atoms with E-state index in [1.54, 1.807) is 0 Å². The van der Waals surface area contributed by atoms with Gasteiger partial charge in [-0.1, -0.05) is 59.1 Å². The Bertz CT molecular complexity index is 546. The fourth-order valence-electron chi connectivity index (χ4n) is 2.33. The van der Waals surface area contributed by atoms with Crippen LogP contribution >= 0.6 is 27.5 Å². The molecule has 17 heavy (non-hydrogen) atoms. The molecule has 0 aliphatic heterocycles. The fraction of sp³-hybridized carbons (Fsp3) is 0.333. The summed E-state index contributed by atoms with van der Waals surface area (Å²) in [5.74, 6) is 0.861. The molecule has 0 heterocycles. The highest BCUT2D eigenvalue weighted by molar-refractivity contribution is 9.10. The van der Waals surface area contributed by atoms with Gasteiger partial charge in [0, 0.05) is 4.47 Å². The number of alkyl halides is 1. The highest BCUT2D eigenvalue weighted by Crippen LogP contribution is 2.42. The Kier molecular flexibility index (Phi) is 3.14. The van der Waals surface area contributed by atoms with Crippen molar-refractivity contribution in [3.63, 3.8) is 0 Å². The standard InChI is InChI=1S/C15H14BrCl/c16-14-8-7-13(15(17)9-10-5-6-10)11-3-1-2-4-12(11)14/h1-4,7-8,10,15H,5-6,9H2. The van der Waals surface area contributed by atoms with Gasteiger partial charge in [0.2, 0.25) is 0 Å². The van der Waals surface area contributed by atoms with E-state index < -0.39 is 0 Å². The molecule has 0 saturated heterocycles. The quantitative estimate of drug-likeness (QED) is 0.640. The topological polar surface area (TPSA) is 0 Å². The van der Waals surface area contributed by atoms with Crippen molar-refractivity contribution in [3.8, 4) is 0 Å². The van der Waals surface area contributed by atoms with E-state index in [0.29, 0.717) is 0 Å². The van der Waals surface area contributed by atoms with Gasteiger partial charge in [0.1, 0.15) is 0 Å². The van der Waals surface area contributed by atoms with E-state index >= 15 is 0 Å². The van der Waals surface area contributed by atoms with Crippen LogP contribution in [0.25, 0.3) is 10.8 Å². The number of rotatable bonds is 3. The lowest BCUT2D eigenvalue weighted by atomic mass is 9.99. The summed E-state index contributed by atoms with van der Waals surface area (Å²) in [6.45, 7) is 0. The Morgan fingerprint density at radius 1 is 1.12 bits per heavy atom. The van der Waals surface area contributed by atoms with Crippen molar-refractivity contribution in [1.29, 1.82) is 0 Å². The van der Waals surface area contributed by atoms with Gasteiger partial charge < -0.3 is 0 Å². The van der Waals surface area contributed by atoms with Crippen LogP contribution in [0, 0.1) is 5.92 Å². The van der Waals surface area contributed by atoms with Crippen LogP contribution in [0.15, 0.2) is 40.9 Å². The van der Waals surface area contributed by atoms with E-state index in [-0.39, 0.29) is 5.38 Å². The average molecular weight is 310 g/mol. The van der Waals surface area contributed by atoms with E-state index in [9.17, 15) is 0 Å². The molecule has 0 nitrogen and oxygen atoms in total. The molecule has 0 N–H and O–H groups in total. The Balaban J connectivity index is 2.05. The van der Waals surface area contributed by atoms with Crippen LogP contribution in [0.4, 0.5) is 0 Å². The molecule has 1 unspecified atom stereocenters. The van der Waals surface area contributed by atoms with E-state index in [4.69, 9.17) is 11.6 Å². The Morgan fingerprint density at radius 3 is 2.53 bits per heavy atom. The predicted molar refractivity (Wildman–Crippen MR) is 77.6 cm³/mol. The molecule has 1 atom stereocenters. The predicted octanol–water partition coefficient (Wildman–Crippen LogP) is 5.68. The number of halogens is 2. The van der Waals surface area contributed by atoms with E-state index in [2.05, 4.69) is 52.3 Å². The molecule has 3 rings (SSSR count). The second-order valence-electron chi connectivity index (χ2n) is 4.83. The summed E-state index contributed by atoms with van der Waals surface area (Å²) in [6, 6.07) is 12.7. The van der Waals surface area contributed by atoms with E-state index in [0.717, 1.165) is 16.8 Å². The molecule has 0 radical (unpaired) electrons. The summed E-state index contributed by atoms with van der Waals surface area (Å²) < 4.78 is 1.15. The van der Waals surface area contributed by atoms with Crippen LogP contribution in [-0.4, -0.2) is 0 Å². The van der Waals surface area contributed by atoms with Crippen molar-refractivity contribution < 1.29 is 0 Å². The molecule has 2 heteroatoms. The van der Waals surface area contributed by atoms with Gasteiger partial charge in [-0.2, -0.15) is 0 Å². The van der Waals surface area contributed by atoms with Crippen LogP contribution in [0.2, 0.25) is 0 Å². The first-order valence-corrected chi connectivity index (χ1v) is 7.30. The maximum absolute atomic E-state index is 6.56. The van der Waals surface area contributed by atoms with E-state index in [1.807, 2.05) is 0 Å². The summed E-state index contributed by atoms with van der Waals surface area (Å²) >= 11 is 10.2. The van der Waals surface area contributed by atoms with Crippen molar-refractivity contribution in [3.05, 3.63) is 46.4 Å². The van der Waals surface area contributed by atoms with Crippen LogP contribution in [0.1, 0.15) is 30.2 Å². The lowest BCUT2D eigenvalue weighted by Crippen LogP contribution is -1.94. The summed E-state index contributed by atoms with van der Waals surface area (Å²) in [6.07, 6.45) is 3.84. The zero-order valence-electron chi connectivity index (χ0n) is 9.50. The number of fused-ring (bicyclic) bond motifs is 1. The first-order chi connectivity index (χ1) is 8.25. The lowest BCUT2D eigenvalue weighted by molar-refractivity contribution is 0.709. The normalized spacial score (nSPS) is 17.3. The van der Waals surface area contributed by atoms with Gasteiger partial charge in [0.05, 0.1) is 5.38 Å². The largest absolute Gasteiger partial charge is 0.118 e. The maximum Gasteiger partial charge on any atom is 0.0594 e. The van der Waals surface area contributed by atoms with Gasteiger partial charge in [-0.3, -0.25) is 0 Å². The monoisotopic (exact) mass is 308 g/mol. The van der Waals surface area contributed by atoms with Gasteiger partial charge in [-0.15, -0.1) is 11.6 Å². The molecule has 1 fully saturated rings. The van der Waals surface area contributed by atoms with Gasteiger partial charge in [-0.25, -0.2) is 0 Å². The molecule has 2 aromatic carbocycles. The Morgan fingerprint density at radius 2 is 1.82 bits per heavy atom. The van der Waals surface area contributed by atoms with Crippen molar-refractivity contribution in [2.75, 3.05) is 0 Å². The van der Waals surface area contributed by atoms with Crippen LogP contribution in [0.3, 0.4) is 0 Å². The highest BCUT2D eigenvalue weighted by Gasteiger charge is 2.26. The average Bonchev–Trinajstić information content (AvgIpc) is 3.14. The zero-order chi connectivity index (χ0) is 11.8. The molecule has 0 amide bonds. The molecule has 1 saturated carbocycles. The van der Waals surface area contributed by atoms with Crippen LogP contribution < -0.4 is 0 Å². The number of benzene rings is 2. The third-order valence-corrected chi connectivity index (χ3v) is 4.58. The van der Waals surface area contributed by atoms with Crippen LogP contribution in [-0.2, 0) is 0 Å². The van der Waals surface area contributed by atoms with Crippen molar-refractivity contribution in [2.24, 2.45) is 5.92 Å². The minimum atomic E-state index is 0.153. The van der Waals surface area contributed by atoms with Gasteiger partial charge in [-0.05, 0) is 34.7 Å². The smallest absolute Gasteiger partial charge is 0.0594 e. The molecule has 1 aliphatic carbocycles. The second kappa shape index (κ2) is 4.62. The summed E-state index contributed by atoms with van der Waals surface area (Å²) in [5, 5.41) is 2.69. The Hall–Kier alpha value is -0.530. The molecule has 0 spiro atoms. The second-order valence-corrected chi connectivity index (χ2v) is 6.21. The van der Waals surface area contributed by atoms with E-state index in [1.165, 1.54) is 29.2 Å². The van der Waals surface area contributed by atoms with Crippen LogP contribution in [0.5, 0.6) is 0 Å². The minimum Gasteiger partial charge on any atom is -0.118 e.